The third-order valence-electron chi connectivity index (χ3n) is 1.70. The van der Waals surface area contributed by atoms with Crippen molar-refractivity contribution >= 4 is 30.0 Å². The predicted octanol–water partition coefficient (Wildman–Crippen LogP) is 2.19. The van der Waals surface area contributed by atoms with Gasteiger partial charge in [0.1, 0.15) is 12.4 Å². The lowest BCUT2D eigenvalue weighted by Crippen LogP contribution is -2.23. The van der Waals surface area contributed by atoms with E-state index in [1.54, 1.807) is 19.1 Å². The standard InChI is InChI=1S/C10H12ClNO3.ClH/c1-6(12)5-15-8-4-2-3-7(9(8)11)10(13)14;/h2-4,6H,5,12H2,1H3,(H,13,14);1H. The fraction of sp³-hybridized carbons (Fsp3) is 0.300. The lowest BCUT2D eigenvalue weighted by molar-refractivity contribution is 0.0696. The summed E-state index contributed by atoms with van der Waals surface area (Å²) in [5.74, 6) is -0.736. The average Bonchev–Trinajstić information content (AvgIpc) is 2.15. The second kappa shape index (κ2) is 6.58. The van der Waals surface area contributed by atoms with Gasteiger partial charge in [0.15, 0.2) is 0 Å². The first kappa shape index (κ1) is 15.0. The summed E-state index contributed by atoms with van der Waals surface area (Å²) in [5.41, 5.74) is 5.53. The lowest BCUT2D eigenvalue weighted by atomic mass is 10.2. The van der Waals surface area contributed by atoms with E-state index in [9.17, 15) is 4.79 Å². The molecule has 1 atom stereocenters. The molecule has 0 fully saturated rings. The largest absolute Gasteiger partial charge is 0.490 e. The van der Waals surface area contributed by atoms with Crippen LogP contribution in [0.25, 0.3) is 0 Å². The van der Waals surface area contributed by atoms with Crippen LogP contribution in [0.5, 0.6) is 5.75 Å². The van der Waals surface area contributed by atoms with Crippen LogP contribution >= 0.6 is 24.0 Å². The molecule has 0 saturated heterocycles. The summed E-state index contributed by atoms with van der Waals surface area (Å²) in [4.78, 5) is 10.7. The van der Waals surface area contributed by atoms with Gasteiger partial charge in [-0.25, -0.2) is 4.79 Å². The Kier molecular flexibility index (Phi) is 6.18. The second-order valence-corrected chi connectivity index (χ2v) is 3.59. The van der Waals surface area contributed by atoms with Gasteiger partial charge in [-0.05, 0) is 19.1 Å². The van der Waals surface area contributed by atoms with Gasteiger partial charge in [-0.15, -0.1) is 12.4 Å². The molecule has 0 aliphatic heterocycles. The van der Waals surface area contributed by atoms with Crippen LogP contribution in [0, 0.1) is 0 Å². The monoisotopic (exact) mass is 265 g/mol. The van der Waals surface area contributed by atoms with E-state index < -0.39 is 5.97 Å². The topological polar surface area (TPSA) is 72.5 Å². The van der Waals surface area contributed by atoms with Crippen LogP contribution in [0.15, 0.2) is 18.2 Å². The van der Waals surface area contributed by atoms with Gasteiger partial charge in [-0.2, -0.15) is 0 Å². The highest BCUT2D eigenvalue weighted by molar-refractivity contribution is 6.34. The first-order valence-corrected chi connectivity index (χ1v) is 4.80. The van der Waals surface area contributed by atoms with Crippen LogP contribution in [-0.4, -0.2) is 23.7 Å². The summed E-state index contributed by atoms with van der Waals surface area (Å²) >= 11 is 5.84. The summed E-state index contributed by atoms with van der Waals surface area (Å²) < 4.78 is 5.27. The molecule has 1 unspecified atom stereocenters. The Morgan fingerprint density at radius 1 is 1.62 bits per heavy atom. The molecule has 0 aliphatic carbocycles. The van der Waals surface area contributed by atoms with Crippen LogP contribution in [0.4, 0.5) is 0 Å². The van der Waals surface area contributed by atoms with Gasteiger partial charge in [0, 0.05) is 6.04 Å². The Hall–Kier alpha value is -0.970. The molecule has 3 N–H and O–H groups in total. The van der Waals surface area contributed by atoms with E-state index in [1.807, 2.05) is 0 Å². The molecule has 1 rings (SSSR count). The number of benzene rings is 1. The average molecular weight is 266 g/mol. The summed E-state index contributed by atoms with van der Waals surface area (Å²) in [7, 11) is 0. The molecule has 0 bridgehead atoms. The predicted molar refractivity (Wildman–Crippen MR) is 64.8 cm³/mol. The van der Waals surface area contributed by atoms with Crippen molar-refractivity contribution in [2.45, 2.75) is 13.0 Å². The number of carbonyl (C=O) groups is 1. The highest BCUT2D eigenvalue weighted by Gasteiger charge is 2.12. The van der Waals surface area contributed by atoms with Crippen LogP contribution < -0.4 is 10.5 Å². The molecule has 0 aliphatic rings. The Labute approximate surface area is 105 Å². The van der Waals surface area contributed by atoms with Crippen molar-refractivity contribution in [1.29, 1.82) is 0 Å². The zero-order chi connectivity index (χ0) is 11.4. The Balaban J connectivity index is 0.00000225. The molecule has 1 aromatic rings. The molecular formula is C10H13Cl2NO3. The third kappa shape index (κ3) is 3.89. The maximum atomic E-state index is 10.7. The molecule has 0 heterocycles. The van der Waals surface area contributed by atoms with Gasteiger partial charge in [-0.1, -0.05) is 17.7 Å². The van der Waals surface area contributed by atoms with E-state index in [0.717, 1.165) is 0 Å². The molecule has 0 aromatic heterocycles. The minimum atomic E-state index is -1.08. The highest BCUT2D eigenvalue weighted by atomic mass is 35.5. The quantitative estimate of drug-likeness (QED) is 0.876. The number of hydrogen-bond donors (Lipinski definition) is 2. The third-order valence-corrected chi connectivity index (χ3v) is 2.09. The van der Waals surface area contributed by atoms with E-state index >= 15 is 0 Å². The van der Waals surface area contributed by atoms with Crippen molar-refractivity contribution in [2.24, 2.45) is 5.73 Å². The van der Waals surface area contributed by atoms with E-state index in [1.165, 1.54) is 6.07 Å². The number of carboxylic acids is 1. The van der Waals surface area contributed by atoms with Gasteiger partial charge in [-0.3, -0.25) is 0 Å². The molecule has 0 saturated carbocycles. The SMILES string of the molecule is CC(N)COc1cccc(C(=O)O)c1Cl.Cl. The molecular weight excluding hydrogens is 253 g/mol. The Morgan fingerprint density at radius 3 is 2.75 bits per heavy atom. The maximum absolute atomic E-state index is 10.7. The van der Waals surface area contributed by atoms with Gasteiger partial charge < -0.3 is 15.6 Å². The second-order valence-electron chi connectivity index (χ2n) is 3.21. The zero-order valence-electron chi connectivity index (χ0n) is 8.64. The van der Waals surface area contributed by atoms with E-state index in [0.29, 0.717) is 12.4 Å². The number of aromatic carboxylic acids is 1. The fourth-order valence-electron chi connectivity index (χ4n) is 1.01. The number of rotatable bonds is 4. The first-order chi connectivity index (χ1) is 7.02. The summed E-state index contributed by atoms with van der Waals surface area (Å²) in [6.07, 6.45) is 0. The zero-order valence-corrected chi connectivity index (χ0v) is 10.2. The highest BCUT2D eigenvalue weighted by Crippen LogP contribution is 2.28. The van der Waals surface area contributed by atoms with E-state index in [2.05, 4.69) is 0 Å². The number of halogens is 2. The fourth-order valence-corrected chi connectivity index (χ4v) is 1.27. The normalized spacial score (nSPS) is 11.4. The van der Waals surface area contributed by atoms with Crippen molar-refractivity contribution in [3.63, 3.8) is 0 Å². The Bertz CT molecular complexity index is 369. The van der Waals surface area contributed by atoms with Crippen molar-refractivity contribution in [3.8, 4) is 5.75 Å². The molecule has 0 amide bonds. The minimum absolute atomic E-state index is 0. The minimum Gasteiger partial charge on any atom is -0.490 e. The van der Waals surface area contributed by atoms with Crippen molar-refractivity contribution in [2.75, 3.05) is 6.61 Å². The number of hydrogen-bond acceptors (Lipinski definition) is 3. The molecule has 16 heavy (non-hydrogen) atoms. The van der Waals surface area contributed by atoms with E-state index in [-0.39, 0.29) is 29.0 Å². The Morgan fingerprint density at radius 2 is 2.25 bits per heavy atom. The van der Waals surface area contributed by atoms with Crippen molar-refractivity contribution in [1.82, 2.24) is 0 Å². The van der Waals surface area contributed by atoms with Gasteiger partial charge in [0.05, 0.1) is 10.6 Å². The smallest absolute Gasteiger partial charge is 0.337 e. The molecule has 90 valence electrons. The van der Waals surface area contributed by atoms with Crippen LogP contribution in [0.3, 0.4) is 0 Å². The number of carboxylic acid groups (broad SMARTS) is 1. The number of nitrogens with two attached hydrogens (primary N) is 1. The van der Waals surface area contributed by atoms with Crippen LogP contribution in [-0.2, 0) is 0 Å². The molecule has 6 heteroatoms. The summed E-state index contributed by atoms with van der Waals surface area (Å²) in [6, 6.07) is 4.47. The summed E-state index contributed by atoms with van der Waals surface area (Å²) in [6.45, 7) is 2.08. The molecule has 1 aromatic carbocycles. The van der Waals surface area contributed by atoms with E-state index in [4.69, 9.17) is 27.2 Å². The van der Waals surface area contributed by atoms with Crippen molar-refractivity contribution in [3.05, 3.63) is 28.8 Å². The van der Waals surface area contributed by atoms with Gasteiger partial charge in [0.2, 0.25) is 0 Å². The maximum Gasteiger partial charge on any atom is 0.337 e. The van der Waals surface area contributed by atoms with Crippen LogP contribution in [0.1, 0.15) is 17.3 Å². The summed E-state index contributed by atoms with van der Waals surface area (Å²) in [5, 5.41) is 8.91. The number of ether oxygens (including phenoxy) is 1. The van der Waals surface area contributed by atoms with Crippen LogP contribution in [0.2, 0.25) is 5.02 Å². The van der Waals surface area contributed by atoms with Gasteiger partial charge in [0.25, 0.3) is 0 Å². The van der Waals surface area contributed by atoms with Gasteiger partial charge >= 0.3 is 5.97 Å². The lowest BCUT2D eigenvalue weighted by Gasteiger charge is -2.11. The molecule has 4 nitrogen and oxygen atoms in total. The molecule has 0 radical (unpaired) electrons. The molecule has 0 spiro atoms. The van der Waals surface area contributed by atoms with Crippen molar-refractivity contribution < 1.29 is 14.6 Å². The first-order valence-electron chi connectivity index (χ1n) is 4.42.